The molecular weight excluding hydrogens is 354 g/mol. The summed E-state index contributed by atoms with van der Waals surface area (Å²) in [6.07, 6.45) is 2.92. The molecule has 2 aromatic carbocycles. The largest absolute Gasteiger partial charge is 0.372 e. The first-order valence-electron chi connectivity index (χ1n) is 9.36. The Hall–Kier alpha value is -2.53. The Bertz CT molecular complexity index is 850. The molecule has 0 spiro atoms. The summed E-state index contributed by atoms with van der Waals surface area (Å²) in [7, 11) is 0. The first-order valence-corrected chi connectivity index (χ1v) is 10.2. The van der Waals surface area contributed by atoms with E-state index in [0.717, 1.165) is 30.8 Å². The lowest BCUT2D eigenvalue weighted by Gasteiger charge is -2.20. The van der Waals surface area contributed by atoms with Gasteiger partial charge in [0.05, 0.1) is 10.6 Å². The highest BCUT2D eigenvalue weighted by Gasteiger charge is 2.23. The number of hydrogen-bond acceptors (Lipinski definition) is 4. The molecule has 1 amide bonds. The molecule has 0 atom stereocenters. The quantitative estimate of drug-likeness (QED) is 0.720. The number of nitrogens with one attached hydrogen (secondary N) is 1. The predicted octanol–water partition coefficient (Wildman–Crippen LogP) is 4.99. The van der Waals surface area contributed by atoms with E-state index in [2.05, 4.69) is 60.2 Å². The Morgan fingerprint density at radius 2 is 1.67 bits per heavy atom. The highest BCUT2D eigenvalue weighted by molar-refractivity contribution is 8.18. The van der Waals surface area contributed by atoms with E-state index < -0.39 is 0 Å². The normalized spacial score (nSPS) is 16.8. The molecule has 1 aliphatic heterocycles. The number of aryl methyl sites for hydroxylation is 1. The van der Waals surface area contributed by atoms with Crippen molar-refractivity contribution in [2.24, 2.45) is 4.99 Å². The van der Waals surface area contributed by atoms with Crippen LogP contribution in [0, 0.1) is 0 Å². The number of benzene rings is 2. The van der Waals surface area contributed by atoms with Gasteiger partial charge in [-0.3, -0.25) is 4.79 Å². The summed E-state index contributed by atoms with van der Waals surface area (Å²) in [6.45, 7) is 8.37. The fraction of sp³-hybridized carbons (Fsp3) is 0.273. The first-order chi connectivity index (χ1) is 13.1. The molecule has 0 saturated carbocycles. The van der Waals surface area contributed by atoms with E-state index in [0.29, 0.717) is 10.1 Å². The monoisotopic (exact) mass is 379 g/mol. The van der Waals surface area contributed by atoms with Crippen molar-refractivity contribution in [2.75, 3.05) is 18.0 Å². The van der Waals surface area contributed by atoms with E-state index in [1.54, 1.807) is 0 Å². The fourth-order valence-electron chi connectivity index (χ4n) is 2.93. The maximum absolute atomic E-state index is 12.2. The van der Waals surface area contributed by atoms with Gasteiger partial charge >= 0.3 is 0 Å². The number of anilines is 1. The molecule has 5 heteroatoms. The number of amidine groups is 1. The van der Waals surface area contributed by atoms with Crippen LogP contribution in [0.1, 0.15) is 31.9 Å². The number of hydrogen-bond donors (Lipinski definition) is 1. The van der Waals surface area contributed by atoms with Crippen molar-refractivity contribution in [1.29, 1.82) is 0 Å². The van der Waals surface area contributed by atoms with Crippen LogP contribution < -0.4 is 10.2 Å². The van der Waals surface area contributed by atoms with Crippen LogP contribution in [0.4, 0.5) is 11.4 Å². The third-order valence-electron chi connectivity index (χ3n) is 4.55. The maximum atomic E-state index is 12.2. The van der Waals surface area contributed by atoms with Crippen molar-refractivity contribution in [3.05, 3.63) is 64.6 Å². The van der Waals surface area contributed by atoms with Crippen LogP contribution >= 0.6 is 11.8 Å². The van der Waals surface area contributed by atoms with Crippen LogP contribution in [0.2, 0.25) is 0 Å². The average Bonchev–Trinajstić information content (AvgIpc) is 3.03. The Morgan fingerprint density at radius 3 is 2.26 bits per heavy atom. The summed E-state index contributed by atoms with van der Waals surface area (Å²) >= 11 is 1.38. The molecule has 1 heterocycles. The summed E-state index contributed by atoms with van der Waals surface area (Å²) < 4.78 is 0. The van der Waals surface area contributed by atoms with Gasteiger partial charge < -0.3 is 10.2 Å². The van der Waals surface area contributed by atoms with Gasteiger partial charge in [0.1, 0.15) is 0 Å². The summed E-state index contributed by atoms with van der Waals surface area (Å²) in [5.74, 6) is -0.0990. The minimum absolute atomic E-state index is 0.0990. The summed E-state index contributed by atoms with van der Waals surface area (Å²) in [6, 6.07) is 16.4. The molecule has 0 bridgehead atoms. The molecule has 1 fully saturated rings. The van der Waals surface area contributed by atoms with Crippen LogP contribution in [0.5, 0.6) is 0 Å². The van der Waals surface area contributed by atoms with Crippen LogP contribution in [-0.4, -0.2) is 24.2 Å². The topological polar surface area (TPSA) is 44.7 Å². The van der Waals surface area contributed by atoms with E-state index in [9.17, 15) is 4.79 Å². The van der Waals surface area contributed by atoms with E-state index in [-0.39, 0.29) is 5.91 Å². The summed E-state index contributed by atoms with van der Waals surface area (Å²) in [5, 5.41) is 3.47. The Balaban J connectivity index is 1.73. The fourth-order valence-corrected chi connectivity index (χ4v) is 3.77. The van der Waals surface area contributed by atoms with Gasteiger partial charge in [-0.15, -0.1) is 0 Å². The Kier molecular flexibility index (Phi) is 6.35. The van der Waals surface area contributed by atoms with E-state index in [4.69, 9.17) is 0 Å². The average molecular weight is 380 g/mol. The zero-order chi connectivity index (χ0) is 19.2. The number of nitrogens with zero attached hydrogens (tertiary/aromatic N) is 2. The third kappa shape index (κ3) is 4.80. The minimum Gasteiger partial charge on any atom is -0.372 e. The van der Waals surface area contributed by atoms with E-state index in [1.165, 1.54) is 23.0 Å². The number of thioether (sulfide) groups is 1. The van der Waals surface area contributed by atoms with Gasteiger partial charge in [-0.05, 0) is 73.5 Å². The molecule has 0 aromatic heterocycles. The van der Waals surface area contributed by atoms with Gasteiger partial charge in [0, 0.05) is 18.8 Å². The van der Waals surface area contributed by atoms with Crippen molar-refractivity contribution in [3.63, 3.8) is 0 Å². The van der Waals surface area contributed by atoms with Crippen molar-refractivity contribution < 1.29 is 4.79 Å². The molecule has 27 heavy (non-hydrogen) atoms. The molecule has 3 rings (SSSR count). The lowest BCUT2D eigenvalue weighted by Crippen LogP contribution is -2.21. The van der Waals surface area contributed by atoms with Gasteiger partial charge in [0.2, 0.25) is 0 Å². The smallest absolute Gasteiger partial charge is 0.264 e. The van der Waals surface area contributed by atoms with Crippen LogP contribution in [0.15, 0.2) is 58.4 Å². The maximum Gasteiger partial charge on any atom is 0.264 e. The zero-order valence-corrected chi connectivity index (χ0v) is 16.8. The van der Waals surface area contributed by atoms with Crippen LogP contribution in [0.3, 0.4) is 0 Å². The number of amides is 1. The van der Waals surface area contributed by atoms with Gasteiger partial charge in [-0.2, -0.15) is 0 Å². The van der Waals surface area contributed by atoms with Gasteiger partial charge in [-0.25, -0.2) is 4.99 Å². The van der Waals surface area contributed by atoms with Crippen molar-refractivity contribution in [2.45, 2.75) is 27.2 Å². The first kappa shape index (κ1) is 19.2. The Morgan fingerprint density at radius 1 is 1.00 bits per heavy atom. The predicted molar refractivity (Wildman–Crippen MR) is 117 cm³/mol. The second-order valence-corrected chi connectivity index (χ2v) is 7.30. The van der Waals surface area contributed by atoms with Crippen LogP contribution in [-0.2, 0) is 11.2 Å². The van der Waals surface area contributed by atoms with E-state index in [1.807, 2.05) is 30.3 Å². The highest BCUT2D eigenvalue weighted by atomic mass is 32.2. The van der Waals surface area contributed by atoms with Crippen molar-refractivity contribution >= 4 is 40.3 Å². The molecular formula is C22H25N3OS. The van der Waals surface area contributed by atoms with Gasteiger partial charge in [-0.1, -0.05) is 31.2 Å². The molecule has 140 valence electrons. The van der Waals surface area contributed by atoms with Gasteiger partial charge in [0.25, 0.3) is 5.91 Å². The molecule has 2 aromatic rings. The zero-order valence-electron chi connectivity index (χ0n) is 16.0. The summed E-state index contributed by atoms with van der Waals surface area (Å²) in [5.41, 5.74) is 4.33. The molecule has 1 aliphatic rings. The molecule has 0 aliphatic carbocycles. The van der Waals surface area contributed by atoms with Crippen LogP contribution in [0.25, 0.3) is 6.08 Å². The molecule has 4 nitrogen and oxygen atoms in total. The SMILES string of the molecule is CCc1ccc(/C=C2\SC(=Nc3ccc(N(CC)CC)cc3)NC2=O)cc1. The number of carbonyl (C=O) groups is 1. The van der Waals surface area contributed by atoms with Crippen molar-refractivity contribution in [1.82, 2.24) is 5.32 Å². The lowest BCUT2D eigenvalue weighted by atomic mass is 10.1. The highest BCUT2D eigenvalue weighted by Crippen LogP contribution is 2.28. The number of carbonyl (C=O) groups excluding carboxylic acids is 1. The standard InChI is InChI=1S/C22H25N3OS/c1-4-16-7-9-17(10-8-16)15-20-21(26)24-22(27-20)23-18-11-13-19(14-12-18)25(5-2)6-3/h7-15H,4-6H2,1-3H3,(H,23,24,26)/b20-15-. The van der Waals surface area contributed by atoms with E-state index >= 15 is 0 Å². The second-order valence-electron chi connectivity index (χ2n) is 6.27. The Labute approximate surface area is 165 Å². The molecule has 1 saturated heterocycles. The minimum atomic E-state index is -0.0990. The number of aliphatic imine (C=N–C) groups is 1. The van der Waals surface area contributed by atoms with Crippen molar-refractivity contribution in [3.8, 4) is 0 Å². The molecule has 1 N–H and O–H groups in total. The lowest BCUT2D eigenvalue weighted by molar-refractivity contribution is -0.115. The number of rotatable bonds is 6. The molecule has 0 radical (unpaired) electrons. The second kappa shape index (κ2) is 8.91. The van der Waals surface area contributed by atoms with Gasteiger partial charge in [0.15, 0.2) is 5.17 Å². The summed E-state index contributed by atoms with van der Waals surface area (Å²) in [4.78, 5) is 19.8. The third-order valence-corrected chi connectivity index (χ3v) is 5.46. The molecule has 0 unspecified atom stereocenters.